The first-order chi connectivity index (χ1) is 6.79. The van der Waals surface area contributed by atoms with Gasteiger partial charge in [-0.15, -0.1) is 13.2 Å². The zero-order chi connectivity index (χ0) is 10.4. The first-order valence-electron chi connectivity index (χ1n) is 5.70. The third-order valence-corrected chi connectivity index (χ3v) is 7.19. The summed E-state index contributed by atoms with van der Waals surface area (Å²) in [5.41, 5.74) is 4.87. The molecular formula is C12H22OSi. The monoisotopic (exact) mass is 210 g/mol. The van der Waals surface area contributed by atoms with Crippen LogP contribution < -0.4 is 0 Å². The van der Waals surface area contributed by atoms with Gasteiger partial charge in [-0.1, -0.05) is 43.5 Å². The Bertz CT molecular complexity index is 186. The SMILES string of the molecule is C=C[Si](C=C)(OCC)C1CCCCC1. The number of rotatable bonds is 5. The summed E-state index contributed by atoms with van der Waals surface area (Å²) >= 11 is 0. The molecule has 80 valence electrons. The highest BCUT2D eigenvalue weighted by atomic mass is 28.4. The molecule has 1 aliphatic carbocycles. The van der Waals surface area contributed by atoms with Gasteiger partial charge in [0.15, 0.2) is 0 Å². The molecule has 1 aliphatic rings. The molecule has 0 aromatic rings. The summed E-state index contributed by atoms with van der Waals surface area (Å²) in [6.45, 7) is 10.8. The predicted molar refractivity (Wildman–Crippen MR) is 64.6 cm³/mol. The van der Waals surface area contributed by atoms with Crippen molar-refractivity contribution >= 4 is 8.32 Å². The normalized spacial score (nSPS) is 19.2. The van der Waals surface area contributed by atoms with Gasteiger partial charge in [-0.2, -0.15) is 0 Å². The van der Waals surface area contributed by atoms with E-state index in [1.165, 1.54) is 32.1 Å². The third-order valence-electron chi connectivity index (χ3n) is 3.28. The molecule has 0 saturated heterocycles. The van der Waals surface area contributed by atoms with Crippen LogP contribution in [0, 0.1) is 0 Å². The lowest BCUT2D eigenvalue weighted by molar-refractivity contribution is 0.314. The van der Waals surface area contributed by atoms with Crippen molar-refractivity contribution in [1.29, 1.82) is 0 Å². The van der Waals surface area contributed by atoms with Crippen LogP contribution >= 0.6 is 0 Å². The average molecular weight is 210 g/mol. The van der Waals surface area contributed by atoms with E-state index in [0.29, 0.717) is 0 Å². The van der Waals surface area contributed by atoms with Crippen molar-refractivity contribution in [3.05, 3.63) is 24.6 Å². The van der Waals surface area contributed by atoms with E-state index in [9.17, 15) is 0 Å². The summed E-state index contributed by atoms with van der Waals surface area (Å²) in [5, 5.41) is 0. The van der Waals surface area contributed by atoms with Crippen molar-refractivity contribution in [2.24, 2.45) is 0 Å². The zero-order valence-corrected chi connectivity index (χ0v) is 10.3. The van der Waals surface area contributed by atoms with Gasteiger partial charge in [0.1, 0.15) is 0 Å². The van der Waals surface area contributed by atoms with Gasteiger partial charge in [0, 0.05) is 6.61 Å². The van der Waals surface area contributed by atoms with Crippen molar-refractivity contribution in [1.82, 2.24) is 0 Å². The van der Waals surface area contributed by atoms with Crippen molar-refractivity contribution < 1.29 is 4.43 Å². The van der Waals surface area contributed by atoms with Gasteiger partial charge in [0.2, 0.25) is 8.32 Å². The summed E-state index contributed by atoms with van der Waals surface area (Å²) in [4.78, 5) is 0. The van der Waals surface area contributed by atoms with E-state index in [-0.39, 0.29) is 0 Å². The van der Waals surface area contributed by atoms with Crippen molar-refractivity contribution in [2.75, 3.05) is 6.61 Å². The largest absolute Gasteiger partial charge is 0.409 e. The van der Waals surface area contributed by atoms with Gasteiger partial charge in [-0.25, -0.2) is 0 Å². The lowest BCUT2D eigenvalue weighted by Crippen LogP contribution is -2.40. The fourth-order valence-electron chi connectivity index (χ4n) is 2.46. The highest BCUT2D eigenvalue weighted by Crippen LogP contribution is 2.38. The van der Waals surface area contributed by atoms with E-state index in [0.717, 1.165) is 12.1 Å². The molecule has 0 aromatic carbocycles. The standard InChI is InChI=1S/C12H22OSi/c1-4-13-14(5-2,6-3)12-10-8-7-9-11-12/h5-6,12H,2-4,7-11H2,1H3. The molecule has 0 heterocycles. The molecule has 2 heteroatoms. The minimum absolute atomic E-state index is 0.728. The van der Waals surface area contributed by atoms with Crippen LogP contribution in [0.15, 0.2) is 24.6 Å². The second kappa shape index (κ2) is 5.52. The van der Waals surface area contributed by atoms with Gasteiger partial charge in [-0.05, 0) is 12.5 Å². The third kappa shape index (κ3) is 2.37. The van der Waals surface area contributed by atoms with Crippen LogP contribution in [-0.4, -0.2) is 14.9 Å². The van der Waals surface area contributed by atoms with Crippen LogP contribution in [-0.2, 0) is 4.43 Å². The molecule has 0 unspecified atom stereocenters. The van der Waals surface area contributed by atoms with Gasteiger partial charge in [0.05, 0.1) is 0 Å². The predicted octanol–water partition coefficient (Wildman–Crippen LogP) is 3.75. The molecule has 1 fully saturated rings. The molecule has 0 aromatic heterocycles. The molecule has 1 rings (SSSR count). The Labute approximate surface area is 89.0 Å². The lowest BCUT2D eigenvalue weighted by atomic mass is 10.0. The minimum atomic E-state index is -1.81. The summed E-state index contributed by atoms with van der Waals surface area (Å²) in [5.74, 6) is 0. The van der Waals surface area contributed by atoms with Crippen LogP contribution in [0.4, 0.5) is 0 Å². The Morgan fingerprint density at radius 3 is 2.21 bits per heavy atom. The summed E-state index contributed by atoms with van der Waals surface area (Å²) in [6.07, 6.45) is 6.72. The van der Waals surface area contributed by atoms with E-state index in [2.05, 4.69) is 31.5 Å². The Morgan fingerprint density at radius 2 is 1.79 bits per heavy atom. The molecular weight excluding hydrogens is 188 g/mol. The van der Waals surface area contributed by atoms with Crippen LogP contribution in [0.1, 0.15) is 39.0 Å². The Kier molecular flexibility index (Phi) is 4.62. The second-order valence-electron chi connectivity index (χ2n) is 4.03. The average Bonchev–Trinajstić information content (AvgIpc) is 2.27. The molecule has 14 heavy (non-hydrogen) atoms. The maximum Gasteiger partial charge on any atom is 0.243 e. The van der Waals surface area contributed by atoms with Crippen LogP contribution in [0.2, 0.25) is 5.54 Å². The van der Waals surface area contributed by atoms with Crippen molar-refractivity contribution in [3.63, 3.8) is 0 Å². The second-order valence-corrected chi connectivity index (χ2v) is 7.66. The van der Waals surface area contributed by atoms with E-state index < -0.39 is 8.32 Å². The Hall–Kier alpha value is -0.343. The maximum absolute atomic E-state index is 5.97. The molecule has 0 aliphatic heterocycles. The van der Waals surface area contributed by atoms with Gasteiger partial charge in [-0.3, -0.25) is 0 Å². The molecule has 0 N–H and O–H groups in total. The van der Waals surface area contributed by atoms with Gasteiger partial charge >= 0.3 is 0 Å². The zero-order valence-electron chi connectivity index (χ0n) is 9.30. The highest BCUT2D eigenvalue weighted by Gasteiger charge is 2.38. The van der Waals surface area contributed by atoms with Crippen molar-refractivity contribution in [2.45, 2.75) is 44.6 Å². The molecule has 0 bridgehead atoms. The fraction of sp³-hybridized carbons (Fsp3) is 0.667. The highest BCUT2D eigenvalue weighted by molar-refractivity contribution is 6.84. The Morgan fingerprint density at radius 1 is 1.21 bits per heavy atom. The van der Waals surface area contributed by atoms with Crippen LogP contribution in [0.25, 0.3) is 0 Å². The van der Waals surface area contributed by atoms with Gasteiger partial charge in [0.25, 0.3) is 0 Å². The van der Waals surface area contributed by atoms with Crippen LogP contribution in [0.5, 0.6) is 0 Å². The first-order valence-corrected chi connectivity index (χ1v) is 7.84. The summed E-state index contributed by atoms with van der Waals surface area (Å²) < 4.78 is 5.97. The first kappa shape index (κ1) is 11.7. The quantitative estimate of drug-likeness (QED) is 0.628. The number of hydrogen-bond donors (Lipinski definition) is 0. The summed E-state index contributed by atoms with van der Waals surface area (Å²) in [7, 11) is -1.81. The van der Waals surface area contributed by atoms with E-state index in [1.807, 2.05) is 0 Å². The molecule has 0 atom stereocenters. The molecule has 1 saturated carbocycles. The van der Waals surface area contributed by atoms with Crippen LogP contribution in [0.3, 0.4) is 0 Å². The van der Waals surface area contributed by atoms with E-state index in [1.54, 1.807) is 0 Å². The van der Waals surface area contributed by atoms with Gasteiger partial charge < -0.3 is 4.43 Å². The molecule has 0 spiro atoms. The fourth-order valence-corrected chi connectivity index (χ4v) is 5.57. The minimum Gasteiger partial charge on any atom is -0.409 e. The van der Waals surface area contributed by atoms with Crippen molar-refractivity contribution in [3.8, 4) is 0 Å². The lowest BCUT2D eigenvalue weighted by Gasteiger charge is -2.35. The molecule has 1 nitrogen and oxygen atoms in total. The Balaban J connectivity index is 2.72. The number of hydrogen-bond acceptors (Lipinski definition) is 1. The molecule has 0 radical (unpaired) electrons. The maximum atomic E-state index is 5.97. The van der Waals surface area contributed by atoms with E-state index >= 15 is 0 Å². The molecule has 0 amide bonds. The van der Waals surface area contributed by atoms with E-state index in [4.69, 9.17) is 4.43 Å². The summed E-state index contributed by atoms with van der Waals surface area (Å²) in [6, 6.07) is 0. The smallest absolute Gasteiger partial charge is 0.243 e. The topological polar surface area (TPSA) is 9.23 Å².